The summed E-state index contributed by atoms with van der Waals surface area (Å²) < 4.78 is 16.8. The first-order valence-corrected chi connectivity index (χ1v) is 28.1. The van der Waals surface area contributed by atoms with Crippen LogP contribution in [0.4, 0.5) is 0 Å². The van der Waals surface area contributed by atoms with Gasteiger partial charge in [-0.15, -0.1) is 0 Å². The van der Waals surface area contributed by atoms with Gasteiger partial charge in [-0.3, -0.25) is 14.4 Å². The van der Waals surface area contributed by atoms with Crippen molar-refractivity contribution in [3.8, 4) is 0 Å². The lowest BCUT2D eigenvalue weighted by Crippen LogP contribution is -2.30. The van der Waals surface area contributed by atoms with Gasteiger partial charge in [0.05, 0.1) is 0 Å². The number of ether oxygens (including phenoxy) is 3. The first-order valence-electron chi connectivity index (χ1n) is 28.1. The Labute approximate surface area is 414 Å². The zero-order chi connectivity index (χ0) is 48.6. The maximum atomic E-state index is 12.8. The number of carbonyl (C=O) groups excluding carboxylic acids is 3. The summed E-state index contributed by atoms with van der Waals surface area (Å²) in [6, 6.07) is 0. The van der Waals surface area contributed by atoms with Gasteiger partial charge in [0, 0.05) is 19.3 Å². The van der Waals surface area contributed by atoms with Crippen LogP contribution in [-0.4, -0.2) is 37.2 Å². The molecular formula is C61H104O6. The highest BCUT2D eigenvalue weighted by atomic mass is 16.6. The van der Waals surface area contributed by atoms with Gasteiger partial charge in [0.1, 0.15) is 13.2 Å². The Hall–Kier alpha value is -3.41. The molecule has 6 heteroatoms. The third-order valence-electron chi connectivity index (χ3n) is 11.9. The molecule has 0 saturated heterocycles. The molecule has 1 unspecified atom stereocenters. The topological polar surface area (TPSA) is 78.9 Å². The quantitative estimate of drug-likeness (QED) is 0.0262. The van der Waals surface area contributed by atoms with E-state index in [-0.39, 0.29) is 31.1 Å². The van der Waals surface area contributed by atoms with Gasteiger partial charge in [-0.25, -0.2) is 0 Å². The van der Waals surface area contributed by atoms with E-state index < -0.39 is 6.10 Å². The smallest absolute Gasteiger partial charge is 0.306 e. The van der Waals surface area contributed by atoms with Gasteiger partial charge in [0.25, 0.3) is 0 Å². The number of rotatable bonds is 50. The minimum Gasteiger partial charge on any atom is -0.462 e. The minimum absolute atomic E-state index is 0.0936. The number of unbranched alkanes of at least 4 members (excludes halogenated alkanes) is 25. The third kappa shape index (κ3) is 53.4. The molecule has 0 spiro atoms. The fraction of sp³-hybridized carbons (Fsp3) is 0.721. The molecule has 0 rings (SSSR count). The molecule has 1 atom stereocenters. The van der Waals surface area contributed by atoms with Crippen molar-refractivity contribution in [2.75, 3.05) is 13.2 Å². The van der Waals surface area contributed by atoms with Crippen LogP contribution in [0.1, 0.15) is 265 Å². The van der Waals surface area contributed by atoms with Crippen LogP contribution in [0.15, 0.2) is 85.1 Å². The van der Waals surface area contributed by atoms with Gasteiger partial charge in [0.2, 0.25) is 0 Å². The van der Waals surface area contributed by atoms with Crippen LogP contribution in [0.2, 0.25) is 0 Å². The number of hydrogen-bond donors (Lipinski definition) is 0. The van der Waals surface area contributed by atoms with Gasteiger partial charge in [0.15, 0.2) is 6.10 Å². The van der Waals surface area contributed by atoms with E-state index in [9.17, 15) is 14.4 Å². The van der Waals surface area contributed by atoms with Crippen LogP contribution < -0.4 is 0 Å². The second-order valence-corrected chi connectivity index (χ2v) is 18.5. The first-order chi connectivity index (χ1) is 33.0. The zero-order valence-electron chi connectivity index (χ0n) is 43.9. The first kappa shape index (κ1) is 63.6. The minimum atomic E-state index is -0.795. The molecule has 0 heterocycles. The summed E-state index contributed by atoms with van der Waals surface area (Å²) in [5.41, 5.74) is 0. The molecule has 0 saturated carbocycles. The van der Waals surface area contributed by atoms with Crippen molar-refractivity contribution in [1.29, 1.82) is 0 Å². The fourth-order valence-electron chi connectivity index (χ4n) is 7.63. The lowest BCUT2D eigenvalue weighted by Gasteiger charge is -2.18. The van der Waals surface area contributed by atoms with E-state index in [0.717, 1.165) is 122 Å². The monoisotopic (exact) mass is 933 g/mol. The predicted octanol–water partition coefficient (Wildman–Crippen LogP) is 18.8. The number of carbonyl (C=O) groups is 3. The summed E-state index contributed by atoms with van der Waals surface area (Å²) in [5, 5.41) is 0. The van der Waals surface area contributed by atoms with E-state index in [2.05, 4.69) is 106 Å². The Morgan fingerprint density at radius 1 is 0.313 bits per heavy atom. The van der Waals surface area contributed by atoms with Crippen LogP contribution in [0.3, 0.4) is 0 Å². The molecule has 0 aromatic carbocycles. The number of allylic oxidation sites excluding steroid dienone is 14. The highest BCUT2D eigenvalue weighted by Gasteiger charge is 2.19. The SMILES string of the molecule is CC/C=C\C/C=C\C/C=C\C/C=C\CCCCCCC(=O)OCC(COC(=O)CCCCCCC/C=C\C/C=C\CCCCC)OC(=O)CCCCCCCCC/C=C\CCCCCCCC. The second kappa shape index (κ2) is 55.2. The molecule has 384 valence electrons. The van der Waals surface area contributed by atoms with Gasteiger partial charge < -0.3 is 14.2 Å². The fourth-order valence-corrected chi connectivity index (χ4v) is 7.63. The van der Waals surface area contributed by atoms with Crippen molar-refractivity contribution in [2.24, 2.45) is 0 Å². The van der Waals surface area contributed by atoms with E-state index in [0.29, 0.717) is 19.3 Å². The van der Waals surface area contributed by atoms with E-state index in [4.69, 9.17) is 14.2 Å². The lowest BCUT2D eigenvalue weighted by molar-refractivity contribution is -0.167. The molecule has 0 aromatic rings. The molecule has 0 amide bonds. The summed E-state index contributed by atoms with van der Waals surface area (Å²) in [4.78, 5) is 38.1. The van der Waals surface area contributed by atoms with E-state index in [1.54, 1.807) is 0 Å². The number of esters is 3. The standard InChI is InChI=1S/C61H104O6/c1-4-7-10-13-16-19-22-25-28-30-33-36-39-42-45-48-51-54-60(63)66-57-58(56-65-59(62)53-50-47-44-41-38-35-32-27-24-21-18-15-12-9-6-3)67-61(64)55-52-49-46-43-40-37-34-31-29-26-23-20-17-14-11-8-5-2/h7,10,16,18-19,21,25-29,32-33,36,58H,4-6,8-9,11-15,17,20,22-24,30-31,34-35,37-57H2,1-3H3/b10-7-,19-16-,21-18-,28-25-,29-26-,32-27-,36-33-. The molecule has 0 bridgehead atoms. The Bertz CT molecular complexity index is 1300. The van der Waals surface area contributed by atoms with Crippen LogP contribution in [0.25, 0.3) is 0 Å². The van der Waals surface area contributed by atoms with Crippen LogP contribution in [0, 0.1) is 0 Å². The Kier molecular flexibility index (Phi) is 52.4. The Morgan fingerprint density at radius 2 is 0.582 bits per heavy atom. The maximum absolute atomic E-state index is 12.8. The summed E-state index contributed by atoms with van der Waals surface area (Å²) in [5.74, 6) is -0.931. The average molecular weight is 933 g/mol. The van der Waals surface area contributed by atoms with Crippen LogP contribution >= 0.6 is 0 Å². The normalized spacial score (nSPS) is 12.7. The largest absolute Gasteiger partial charge is 0.462 e. The molecule has 0 fully saturated rings. The van der Waals surface area contributed by atoms with Crippen molar-refractivity contribution in [1.82, 2.24) is 0 Å². The second-order valence-electron chi connectivity index (χ2n) is 18.5. The van der Waals surface area contributed by atoms with E-state index >= 15 is 0 Å². The molecule has 0 N–H and O–H groups in total. The lowest BCUT2D eigenvalue weighted by atomic mass is 10.1. The average Bonchev–Trinajstić information content (AvgIpc) is 3.33. The highest BCUT2D eigenvalue weighted by Crippen LogP contribution is 2.14. The molecule has 0 aliphatic rings. The molecule has 0 radical (unpaired) electrons. The Balaban J connectivity index is 4.46. The van der Waals surface area contributed by atoms with Gasteiger partial charge in [-0.05, 0) is 116 Å². The maximum Gasteiger partial charge on any atom is 0.306 e. The van der Waals surface area contributed by atoms with Crippen LogP contribution in [-0.2, 0) is 28.6 Å². The van der Waals surface area contributed by atoms with Gasteiger partial charge >= 0.3 is 17.9 Å². The Morgan fingerprint density at radius 3 is 0.955 bits per heavy atom. The zero-order valence-corrected chi connectivity index (χ0v) is 43.9. The summed E-state index contributed by atoms with van der Waals surface area (Å²) in [7, 11) is 0. The van der Waals surface area contributed by atoms with Crippen molar-refractivity contribution in [3.05, 3.63) is 85.1 Å². The molecule has 0 aliphatic carbocycles. The van der Waals surface area contributed by atoms with E-state index in [1.165, 1.54) is 103 Å². The summed E-state index contributed by atoms with van der Waals surface area (Å²) in [6.07, 6.45) is 71.3. The van der Waals surface area contributed by atoms with Crippen molar-refractivity contribution in [3.63, 3.8) is 0 Å². The highest BCUT2D eigenvalue weighted by molar-refractivity contribution is 5.71. The van der Waals surface area contributed by atoms with Gasteiger partial charge in [-0.1, -0.05) is 215 Å². The molecular weight excluding hydrogens is 829 g/mol. The van der Waals surface area contributed by atoms with Gasteiger partial charge in [-0.2, -0.15) is 0 Å². The summed E-state index contributed by atoms with van der Waals surface area (Å²) >= 11 is 0. The van der Waals surface area contributed by atoms with Crippen LogP contribution in [0.5, 0.6) is 0 Å². The third-order valence-corrected chi connectivity index (χ3v) is 11.9. The molecule has 67 heavy (non-hydrogen) atoms. The molecule has 6 nitrogen and oxygen atoms in total. The predicted molar refractivity (Wildman–Crippen MR) is 288 cm³/mol. The van der Waals surface area contributed by atoms with Crippen molar-refractivity contribution < 1.29 is 28.6 Å². The van der Waals surface area contributed by atoms with Crippen molar-refractivity contribution >= 4 is 17.9 Å². The van der Waals surface area contributed by atoms with Crippen molar-refractivity contribution in [2.45, 2.75) is 271 Å². The summed E-state index contributed by atoms with van der Waals surface area (Å²) in [6.45, 7) is 6.47. The van der Waals surface area contributed by atoms with E-state index in [1.807, 2.05) is 0 Å². The molecule has 0 aliphatic heterocycles. The number of hydrogen-bond acceptors (Lipinski definition) is 6. The molecule has 0 aromatic heterocycles.